The number of fused-ring (bicyclic) bond motifs is 1. The molecular weight excluding hydrogens is 347 g/mol. The van der Waals surface area contributed by atoms with Crippen LogP contribution in [-0.2, 0) is 24.2 Å². The number of halogens is 1. The van der Waals surface area contributed by atoms with Gasteiger partial charge in [-0.15, -0.1) is 0 Å². The predicted molar refractivity (Wildman–Crippen MR) is 102 cm³/mol. The maximum atomic E-state index is 14.0. The zero-order valence-electron chi connectivity index (χ0n) is 15.7. The van der Waals surface area contributed by atoms with E-state index in [2.05, 4.69) is 0 Å². The van der Waals surface area contributed by atoms with Crippen LogP contribution >= 0.6 is 0 Å². The van der Waals surface area contributed by atoms with Crippen LogP contribution in [0.5, 0.6) is 11.5 Å². The number of hydrogen-bond donors (Lipinski definition) is 1. The standard InChI is InChI=1S/C22H23FO4/c1-4-14-11-19(7-5-15(14)6-8-20(24)25)26-13-17-10-18(23)9-16-12-22(2,3)27-21(16)17/h5-11H,4,12-13H2,1-3H3,(H,24,25)/b8-6+. The van der Waals surface area contributed by atoms with E-state index in [1.54, 1.807) is 12.1 Å². The van der Waals surface area contributed by atoms with Crippen LogP contribution in [0.15, 0.2) is 36.4 Å². The zero-order valence-corrected chi connectivity index (χ0v) is 15.7. The number of ether oxygens (including phenoxy) is 2. The Hall–Kier alpha value is -2.82. The smallest absolute Gasteiger partial charge is 0.328 e. The first-order valence-electron chi connectivity index (χ1n) is 8.94. The Balaban J connectivity index is 1.79. The summed E-state index contributed by atoms with van der Waals surface area (Å²) in [6.45, 7) is 6.15. The highest BCUT2D eigenvalue weighted by Crippen LogP contribution is 2.38. The lowest BCUT2D eigenvalue weighted by molar-refractivity contribution is -0.131. The third-order valence-corrected chi connectivity index (χ3v) is 4.50. The van der Waals surface area contributed by atoms with Crippen molar-refractivity contribution in [2.24, 2.45) is 0 Å². The topological polar surface area (TPSA) is 55.8 Å². The molecule has 0 radical (unpaired) electrons. The molecule has 0 atom stereocenters. The maximum Gasteiger partial charge on any atom is 0.328 e. The Labute approximate surface area is 158 Å². The van der Waals surface area contributed by atoms with Crippen molar-refractivity contribution in [1.82, 2.24) is 0 Å². The molecule has 27 heavy (non-hydrogen) atoms. The maximum absolute atomic E-state index is 14.0. The Bertz CT molecular complexity index is 899. The quantitative estimate of drug-likeness (QED) is 0.744. The zero-order chi connectivity index (χ0) is 19.6. The second-order valence-corrected chi connectivity index (χ2v) is 7.27. The normalized spacial score (nSPS) is 14.8. The van der Waals surface area contributed by atoms with E-state index in [1.165, 1.54) is 12.1 Å². The van der Waals surface area contributed by atoms with E-state index in [0.717, 1.165) is 29.2 Å². The number of carboxylic acids is 1. The number of benzene rings is 2. The van der Waals surface area contributed by atoms with Gasteiger partial charge >= 0.3 is 5.97 Å². The summed E-state index contributed by atoms with van der Waals surface area (Å²) >= 11 is 0. The minimum atomic E-state index is -0.986. The Morgan fingerprint density at radius 2 is 2.07 bits per heavy atom. The summed E-state index contributed by atoms with van der Waals surface area (Å²) in [5.74, 6) is 0.0741. The van der Waals surface area contributed by atoms with Crippen LogP contribution in [0.25, 0.3) is 6.08 Å². The van der Waals surface area contributed by atoms with E-state index in [9.17, 15) is 9.18 Å². The van der Waals surface area contributed by atoms with Gasteiger partial charge in [0.1, 0.15) is 29.5 Å². The van der Waals surface area contributed by atoms with Crippen LogP contribution < -0.4 is 9.47 Å². The monoisotopic (exact) mass is 370 g/mol. The second kappa shape index (κ2) is 7.43. The van der Waals surface area contributed by atoms with Crippen molar-refractivity contribution in [2.75, 3.05) is 0 Å². The van der Waals surface area contributed by atoms with Crippen molar-refractivity contribution in [3.05, 3.63) is 64.5 Å². The fraction of sp³-hybridized carbons (Fsp3) is 0.318. The average molecular weight is 370 g/mol. The Morgan fingerprint density at radius 3 is 2.78 bits per heavy atom. The molecule has 142 valence electrons. The van der Waals surface area contributed by atoms with Gasteiger partial charge < -0.3 is 14.6 Å². The number of hydrogen-bond acceptors (Lipinski definition) is 3. The SMILES string of the molecule is CCc1cc(OCc2cc(F)cc3c2OC(C)(C)C3)ccc1/C=C/C(=O)O. The lowest BCUT2D eigenvalue weighted by Gasteiger charge is -2.18. The van der Waals surface area contributed by atoms with E-state index in [4.69, 9.17) is 14.6 Å². The molecule has 0 unspecified atom stereocenters. The highest BCUT2D eigenvalue weighted by molar-refractivity contribution is 5.85. The fourth-order valence-corrected chi connectivity index (χ4v) is 3.32. The number of aliphatic carboxylic acids is 1. The van der Waals surface area contributed by atoms with Crippen LogP contribution in [0.4, 0.5) is 4.39 Å². The van der Waals surface area contributed by atoms with E-state index in [1.807, 2.05) is 32.9 Å². The number of rotatable bonds is 6. The molecule has 1 aliphatic rings. The third kappa shape index (κ3) is 4.48. The molecule has 0 bridgehead atoms. The average Bonchev–Trinajstić information content (AvgIpc) is 2.91. The van der Waals surface area contributed by atoms with Gasteiger partial charge in [-0.05, 0) is 61.7 Å². The minimum absolute atomic E-state index is 0.198. The van der Waals surface area contributed by atoms with Crippen LogP contribution in [0, 0.1) is 5.82 Å². The molecular formula is C22H23FO4. The molecule has 3 rings (SSSR count). The van der Waals surface area contributed by atoms with Crippen LogP contribution in [0.1, 0.15) is 43.0 Å². The first-order chi connectivity index (χ1) is 12.8. The summed E-state index contributed by atoms with van der Waals surface area (Å²) < 4.78 is 25.8. The van der Waals surface area contributed by atoms with Gasteiger partial charge in [0.05, 0.1) is 0 Å². The van der Waals surface area contributed by atoms with Gasteiger partial charge in [-0.1, -0.05) is 13.0 Å². The van der Waals surface area contributed by atoms with Gasteiger partial charge in [0.25, 0.3) is 0 Å². The van der Waals surface area contributed by atoms with Crippen molar-refractivity contribution in [3.63, 3.8) is 0 Å². The molecule has 0 aromatic heterocycles. The highest BCUT2D eigenvalue weighted by atomic mass is 19.1. The summed E-state index contributed by atoms with van der Waals surface area (Å²) in [6, 6.07) is 8.46. The molecule has 4 nitrogen and oxygen atoms in total. The van der Waals surface area contributed by atoms with E-state index < -0.39 is 5.97 Å². The largest absolute Gasteiger partial charge is 0.489 e. The van der Waals surface area contributed by atoms with Crippen molar-refractivity contribution < 1.29 is 23.8 Å². The van der Waals surface area contributed by atoms with Gasteiger partial charge in [0.15, 0.2) is 0 Å². The highest BCUT2D eigenvalue weighted by Gasteiger charge is 2.32. The number of carbonyl (C=O) groups is 1. The van der Waals surface area contributed by atoms with Crippen molar-refractivity contribution in [1.29, 1.82) is 0 Å². The van der Waals surface area contributed by atoms with Crippen LogP contribution in [-0.4, -0.2) is 16.7 Å². The molecule has 0 spiro atoms. The molecule has 2 aromatic rings. The summed E-state index contributed by atoms with van der Waals surface area (Å²) in [5, 5.41) is 8.79. The molecule has 0 aliphatic carbocycles. The van der Waals surface area contributed by atoms with Crippen molar-refractivity contribution >= 4 is 12.0 Å². The lowest BCUT2D eigenvalue weighted by Crippen LogP contribution is -2.25. The van der Waals surface area contributed by atoms with E-state index in [-0.39, 0.29) is 18.0 Å². The van der Waals surface area contributed by atoms with Crippen LogP contribution in [0.2, 0.25) is 0 Å². The van der Waals surface area contributed by atoms with E-state index in [0.29, 0.717) is 23.5 Å². The van der Waals surface area contributed by atoms with Gasteiger partial charge in [0.2, 0.25) is 0 Å². The Morgan fingerprint density at radius 1 is 1.30 bits per heavy atom. The predicted octanol–water partition coefficient (Wildman–Crippen LogP) is 4.78. The van der Waals surface area contributed by atoms with Gasteiger partial charge in [-0.2, -0.15) is 0 Å². The van der Waals surface area contributed by atoms with Gasteiger partial charge in [-0.3, -0.25) is 0 Å². The van der Waals surface area contributed by atoms with Crippen LogP contribution in [0.3, 0.4) is 0 Å². The summed E-state index contributed by atoms with van der Waals surface area (Å²) in [4.78, 5) is 10.7. The molecule has 0 saturated carbocycles. The lowest BCUT2D eigenvalue weighted by atomic mass is 10.0. The van der Waals surface area contributed by atoms with Gasteiger partial charge in [0, 0.05) is 23.6 Å². The minimum Gasteiger partial charge on any atom is -0.489 e. The van der Waals surface area contributed by atoms with E-state index >= 15 is 0 Å². The molecule has 5 heteroatoms. The fourth-order valence-electron chi connectivity index (χ4n) is 3.32. The summed E-state index contributed by atoms with van der Waals surface area (Å²) in [5.41, 5.74) is 3.01. The molecule has 0 saturated heterocycles. The molecule has 1 aliphatic heterocycles. The first kappa shape index (κ1) is 19.0. The molecule has 2 aromatic carbocycles. The molecule has 1 heterocycles. The number of carboxylic acid groups (broad SMARTS) is 1. The molecule has 1 N–H and O–H groups in total. The summed E-state index contributed by atoms with van der Waals surface area (Å²) in [6.07, 6.45) is 4.09. The van der Waals surface area contributed by atoms with Crippen molar-refractivity contribution in [3.8, 4) is 11.5 Å². The summed E-state index contributed by atoms with van der Waals surface area (Å²) in [7, 11) is 0. The Kier molecular flexibility index (Phi) is 5.22. The number of aryl methyl sites for hydroxylation is 1. The van der Waals surface area contributed by atoms with Gasteiger partial charge in [-0.25, -0.2) is 9.18 Å². The molecule has 0 amide bonds. The van der Waals surface area contributed by atoms with Crippen molar-refractivity contribution in [2.45, 2.75) is 45.8 Å². The second-order valence-electron chi connectivity index (χ2n) is 7.27. The third-order valence-electron chi connectivity index (χ3n) is 4.50. The first-order valence-corrected chi connectivity index (χ1v) is 8.94. The molecule has 0 fully saturated rings.